The summed E-state index contributed by atoms with van der Waals surface area (Å²) >= 11 is 0. The van der Waals surface area contributed by atoms with E-state index in [0.717, 1.165) is 12.8 Å². The van der Waals surface area contributed by atoms with Gasteiger partial charge in [-0.05, 0) is 85.3 Å². The minimum absolute atomic E-state index is 1.06. The van der Waals surface area contributed by atoms with Gasteiger partial charge in [0.1, 0.15) is 0 Å². The van der Waals surface area contributed by atoms with Crippen LogP contribution in [0.5, 0.6) is 0 Å². The average molecular weight is 509 g/mol. The molecule has 2 aromatic rings. The molecule has 2 rings (SSSR count). The molecule has 0 saturated heterocycles. The first-order valence-corrected chi connectivity index (χ1v) is 14.8. The molecule has 212 valence electrons. The molecule has 0 fully saturated rings. The van der Waals surface area contributed by atoms with Crippen molar-refractivity contribution in [1.82, 2.24) is 0 Å². The highest BCUT2D eigenvalue weighted by molar-refractivity contribution is 5.25. The Kier molecular flexibility index (Phi) is 35.8. The summed E-state index contributed by atoms with van der Waals surface area (Å²) in [5.74, 6) is 0. The SMILES string of the molecule is CC.CC.CC.CC.CC(C)=CCC/C(C)=C/Cc1ccc(C)cc1.CC(C)=CCc1cccc(C)c1. The van der Waals surface area contributed by atoms with Crippen LogP contribution in [0.15, 0.2) is 83.5 Å². The van der Waals surface area contributed by atoms with Crippen molar-refractivity contribution in [1.29, 1.82) is 0 Å². The molecule has 0 heteroatoms. The largest absolute Gasteiger partial charge is 0.0856 e. The monoisotopic (exact) mass is 509 g/mol. The minimum atomic E-state index is 1.06. The zero-order valence-electron chi connectivity index (χ0n) is 27.7. The minimum Gasteiger partial charge on any atom is -0.0856 e. The van der Waals surface area contributed by atoms with Crippen LogP contribution in [0.3, 0.4) is 0 Å². The van der Waals surface area contributed by atoms with Crippen molar-refractivity contribution in [3.63, 3.8) is 0 Å². The summed E-state index contributed by atoms with van der Waals surface area (Å²) in [5.41, 5.74) is 9.76. The van der Waals surface area contributed by atoms with Gasteiger partial charge in [-0.15, -0.1) is 0 Å². The Labute approximate surface area is 235 Å². The van der Waals surface area contributed by atoms with Crippen LogP contribution in [-0.4, -0.2) is 0 Å². The van der Waals surface area contributed by atoms with Gasteiger partial charge in [-0.25, -0.2) is 0 Å². The molecule has 0 aliphatic carbocycles. The highest BCUT2D eigenvalue weighted by Crippen LogP contribution is 2.10. The maximum Gasteiger partial charge on any atom is -0.00949 e. The molecule has 0 bridgehead atoms. The van der Waals surface area contributed by atoms with Crippen molar-refractivity contribution in [2.45, 2.75) is 130 Å². The van der Waals surface area contributed by atoms with Crippen molar-refractivity contribution in [3.05, 3.63) is 106 Å². The van der Waals surface area contributed by atoms with Gasteiger partial charge in [0.2, 0.25) is 0 Å². The van der Waals surface area contributed by atoms with Gasteiger partial charge in [0, 0.05) is 0 Å². The second kappa shape index (κ2) is 31.7. The molecule has 0 radical (unpaired) electrons. The zero-order valence-corrected chi connectivity index (χ0v) is 27.7. The van der Waals surface area contributed by atoms with E-state index >= 15 is 0 Å². The molecule has 0 saturated carbocycles. The quantitative estimate of drug-likeness (QED) is 0.326. The van der Waals surface area contributed by atoms with Gasteiger partial charge in [0.25, 0.3) is 0 Å². The van der Waals surface area contributed by atoms with Gasteiger partial charge in [-0.3, -0.25) is 0 Å². The standard InChI is InChI=1S/C17H24.C12H16.4C2H6/c1-14(2)6-5-7-15(3)8-11-17-12-9-16(4)10-13-17;1-10(2)7-8-12-6-4-5-11(3)9-12;4*1-2/h6,8-10,12-13H,5,7,11H2,1-4H3;4-7,9H,8H2,1-3H3;4*1-2H3/b15-8+;;;;;. The Morgan fingerprint density at radius 1 is 0.541 bits per heavy atom. The second-order valence-electron chi connectivity index (χ2n) is 8.54. The van der Waals surface area contributed by atoms with Gasteiger partial charge in [-0.1, -0.05) is 150 Å². The summed E-state index contributed by atoms with van der Waals surface area (Å²) < 4.78 is 0. The maximum atomic E-state index is 2.35. The van der Waals surface area contributed by atoms with Gasteiger partial charge in [-0.2, -0.15) is 0 Å². The van der Waals surface area contributed by atoms with Crippen molar-refractivity contribution in [2.24, 2.45) is 0 Å². The Morgan fingerprint density at radius 2 is 1.03 bits per heavy atom. The molecule has 0 nitrogen and oxygen atoms in total. The van der Waals surface area contributed by atoms with E-state index in [1.54, 1.807) is 0 Å². The maximum absolute atomic E-state index is 2.35. The van der Waals surface area contributed by atoms with Crippen LogP contribution in [0.4, 0.5) is 0 Å². The van der Waals surface area contributed by atoms with Crippen LogP contribution in [0.1, 0.15) is 125 Å². The van der Waals surface area contributed by atoms with Gasteiger partial charge >= 0.3 is 0 Å². The summed E-state index contributed by atoms with van der Waals surface area (Å²) in [6.07, 6.45) is 11.4. The van der Waals surface area contributed by atoms with Crippen molar-refractivity contribution in [3.8, 4) is 0 Å². The Bertz CT molecular complexity index is 805. The second-order valence-corrected chi connectivity index (χ2v) is 8.54. The normalized spacial score (nSPS) is 9.00. The smallest absolute Gasteiger partial charge is 0.00949 e. The molecule has 0 atom stereocenters. The first-order chi connectivity index (χ1) is 17.8. The lowest BCUT2D eigenvalue weighted by atomic mass is 10.1. The summed E-state index contributed by atoms with van der Waals surface area (Å²) in [6, 6.07) is 17.5. The topological polar surface area (TPSA) is 0 Å². The molecule has 0 unspecified atom stereocenters. The molecule has 0 aliphatic heterocycles. The molecule has 37 heavy (non-hydrogen) atoms. The molecule has 0 heterocycles. The summed E-state index contributed by atoms with van der Waals surface area (Å²) in [4.78, 5) is 0. The number of aryl methyl sites for hydroxylation is 2. The van der Waals surface area contributed by atoms with E-state index in [-0.39, 0.29) is 0 Å². The van der Waals surface area contributed by atoms with Crippen molar-refractivity contribution in [2.75, 3.05) is 0 Å². The Morgan fingerprint density at radius 3 is 1.49 bits per heavy atom. The van der Waals surface area contributed by atoms with Gasteiger partial charge in [0.05, 0.1) is 0 Å². The van der Waals surface area contributed by atoms with Gasteiger partial charge in [0.15, 0.2) is 0 Å². The third-order valence-electron chi connectivity index (χ3n) is 4.73. The number of rotatable bonds is 7. The summed E-state index contributed by atoms with van der Waals surface area (Å²) in [5, 5.41) is 0. The Balaban J connectivity index is -0.000000238. The lowest BCUT2D eigenvalue weighted by Crippen LogP contribution is -1.84. The van der Waals surface area contributed by atoms with Crippen molar-refractivity contribution < 1.29 is 0 Å². The van der Waals surface area contributed by atoms with E-state index in [9.17, 15) is 0 Å². The molecule has 0 N–H and O–H groups in total. The van der Waals surface area contributed by atoms with Gasteiger partial charge < -0.3 is 0 Å². The Hall–Kier alpha value is -2.34. The van der Waals surface area contributed by atoms with Crippen LogP contribution in [-0.2, 0) is 12.8 Å². The third-order valence-corrected chi connectivity index (χ3v) is 4.73. The lowest BCUT2D eigenvalue weighted by molar-refractivity contribution is 0.955. The number of hydrogen-bond acceptors (Lipinski definition) is 0. The summed E-state index contributed by atoms with van der Waals surface area (Å²) in [6.45, 7) is 31.1. The van der Waals surface area contributed by atoms with E-state index in [2.05, 4.69) is 115 Å². The predicted molar refractivity (Wildman–Crippen MR) is 177 cm³/mol. The number of hydrogen-bond donors (Lipinski definition) is 0. The van der Waals surface area contributed by atoms with E-state index in [4.69, 9.17) is 0 Å². The molecular weight excluding hydrogens is 444 g/mol. The average Bonchev–Trinajstić information content (AvgIpc) is 2.92. The van der Waals surface area contributed by atoms with Crippen LogP contribution in [0.2, 0.25) is 0 Å². The first-order valence-electron chi connectivity index (χ1n) is 14.8. The third kappa shape index (κ3) is 29.8. The summed E-state index contributed by atoms with van der Waals surface area (Å²) in [7, 11) is 0. The van der Waals surface area contributed by atoms with Crippen molar-refractivity contribution >= 4 is 0 Å². The number of allylic oxidation sites excluding steroid dienone is 6. The molecule has 0 aliphatic rings. The van der Waals surface area contributed by atoms with E-state index in [0.29, 0.717) is 0 Å². The fourth-order valence-electron chi connectivity index (χ4n) is 2.87. The number of benzene rings is 2. The highest BCUT2D eigenvalue weighted by Gasteiger charge is 1.92. The van der Waals surface area contributed by atoms with E-state index < -0.39 is 0 Å². The highest BCUT2D eigenvalue weighted by atomic mass is 14.0. The molecule has 0 aromatic heterocycles. The molecule has 0 spiro atoms. The van der Waals surface area contributed by atoms with E-state index in [1.165, 1.54) is 51.8 Å². The van der Waals surface area contributed by atoms with E-state index in [1.807, 2.05) is 55.4 Å². The fraction of sp³-hybridized carbons (Fsp3) is 0.514. The van der Waals surface area contributed by atoms with Crippen LogP contribution in [0.25, 0.3) is 0 Å². The lowest BCUT2D eigenvalue weighted by Gasteiger charge is -2.01. The zero-order chi connectivity index (χ0) is 29.6. The fourth-order valence-corrected chi connectivity index (χ4v) is 2.87. The first kappa shape index (κ1) is 41.8. The van der Waals surface area contributed by atoms with Crippen LogP contribution in [0, 0.1) is 13.8 Å². The molecule has 2 aromatic carbocycles. The molecule has 0 amide bonds. The van der Waals surface area contributed by atoms with Crippen LogP contribution >= 0.6 is 0 Å². The van der Waals surface area contributed by atoms with Crippen LogP contribution < -0.4 is 0 Å². The molecular formula is C37H64. The predicted octanol–water partition coefficient (Wildman–Crippen LogP) is 12.8.